The third-order valence-corrected chi connectivity index (χ3v) is 5.70. The van der Waals surface area contributed by atoms with Gasteiger partial charge in [-0.1, -0.05) is 36.4 Å². The van der Waals surface area contributed by atoms with Crippen LogP contribution in [0.25, 0.3) is 0 Å². The van der Waals surface area contributed by atoms with Crippen molar-refractivity contribution in [3.05, 3.63) is 70.8 Å². The Bertz CT molecular complexity index is 934. The second-order valence-corrected chi connectivity index (χ2v) is 7.53. The Kier molecular flexibility index (Phi) is 5.58. The lowest BCUT2D eigenvalue weighted by Gasteiger charge is -2.36. The molecule has 0 bridgehead atoms. The number of hydrogen-bond acceptors (Lipinski definition) is 3. The normalized spacial score (nSPS) is 19.6. The molecule has 0 spiro atoms. The SMILES string of the molecule is O=C1NCCN(Cc2cccc(F)c2F)[C@@H]1CC(=O)N1CCc2ccccc2C1. The minimum absolute atomic E-state index is 0.0188. The number of benzene rings is 2. The van der Waals surface area contributed by atoms with Gasteiger partial charge in [0.15, 0.2) is 11.6 Å². The molecule has 2 amide bonds. The minimum Gasteiger partial charge on any atom is -0.353 e. The summed E-state index contributed by atoms with van der Waals surface area (Å²) in [6.07, 6.45) is 0.807. The molecule has 2 aliphatic heterocycles. The van der Waals surface area contributed by atoms with E-state index >= 15 is 0 Å². The largest absolute Gasteiger partial charge is 0.353 e. The Labute approximate surface area is 168 Å². The van der Waals surface area contributed by atoms with E-state index < -0.39 is 17.7 Å². The summed E-state index contributed by atoms with van der Waals surface area (Å²) < 4.78 is 27.6. The highest BCUT2D eigenvalue weighted by atomic mass is 19.2. The van der Waals surface area contributed by atoms with Crippen LogP contribution < -0.4 is 5.32 Å². The van der Waals surface area contributed by atoms with Gasteiger partial charge in [-0.15, -0.1) is 0 Å². The second kappa shape index (κ2) is 8.29. The highest BCUT2D eigenvalue weighted by Crippen LogP contribution is 2.22. The van der Waals surface area contributed by atoms with E-state index in [0.29, 0.717) is 26.2 Å². The molecule has 1 saturated heterocycles. The lowest BCUT2D eigenvalue weighted by Crippen LogP contribution is -2.56. The van der Waals surface area contributed by atoms with Gasteiger partial charge in [-0.3, -0.25) is 14.5 Å². The fourth-order valence-electron chi connectivity index (χ4n) is 4.07. The lowest BCUT2D eigenvalue weighted by atomic mass is 9.99. The highest BCUT2D eigenvalue weighted by molar-refractivity contribution is 5.89. The molecular formula is C22H23F2N3O2. The Morgan fingerprint density at radius 1 is 1.07 bits per heavy atom. The fourth-order valence-corrected chi connectivity index (χ4v) is 4.07. The van der Waals surface area contributed by atoms with Crippen molar-refractivity contribution in [3.8, 4) is 0 Å². The maximum Gasteiger partial charge on any atom is 0.237 e. The smallest absolute Gasteiger partial charge is 0.237 e. The van der Waals surface area contributed by atoms with Gasteiger partial charge in [0, 0.05) is 38.3 Å². The zero-order valence-corrected chi connectivity index (χ0v) is 16.0. The van der Waals surface area contributed by atoms with Crippen LogP contribution in [-0.4, -0.2) is 47.3 Å². The van der Waals surface area contributed by atoms with E-state index in [1.807, 2.05) is 18.2 Å². The summed E-state index contributed by atoms with van der Waals surface area (Å²) in [5, 5.41) is 2.78. The standard InChI is InChI=1S/C22H23F2N3O2/c23-18-7-3-6-17(21(18)24)14-26-11-9-25-22(29)19(26)12-20(28)27-10-8-15-4-1-2-5-16(15)13-27/h1-7,19H,8-14H2,(H,25,29)/t19-/m1/s1. The summed E-state index contributed by atoms with van der Waals surface area (Å²) in [6, 6.07) is 11.4. The quantitative estimate of drug-likeness (QED) is 0.858. The number of hydrogen-bond donors (Lipinski definition) is 1. The van der Waals surface area contributed by atoms with Crippen LogP contribution in [0.1, 0.15) is 23.1 Å². The predicted molar refractivity (Wildman–Crippen MR) is 104 cm³/mol. The molecule has 0 saturated carbocycles. The summed E-state index contributed by atoms with van der Waals surface area (Å²) in [5.74, 6) is -2.18. The van der Waals surface area contributed by atoms with Gasteiger partial charge in [-0.2, -0.15) is 0 Å². The molecule has 7 heteroatoms. The fraction of sp³-hybridized carbons (Fsp3) is 0.364. The number of fused-ring (bicyclic) bond motifs is 1. The van der Waals surface area contributed by atoms with E-state index in [1.165, 1.54) is 17.7 Å². The molecule has 29 heavy (non-hydrogen) atoms. The number of piperazine rings is 1. The van der Waals surface area contributed by atoms with Crippen molar-refractivity contribution in [3.63, 3.8) is 0 Å². The van der Waals surface area contributed by atoms with Gasteiger partial charge in [-0.25, -0.2) is 8.78 Å². The molecule has 2 aromatic carbocycles. The van der Waals surface area contributed by atoms with E-state index in [4.69, 9.17) is 0 Å². The van der Waals surface area contributed by atoms with Gasteiger partial charge in [0.25, 0.3) is 0 Å². The number of nitrogens with zero attached hydrogens (tertiary/aromatic N) is 2. The van der Waals surface area contributed by atoms with Crippen molar-refractivity contribution in [1.29, 1.82) is 0 Å². The average molecular weight is 399 g/mol. The van der Waals surface area contributed by atoms with E-state index in [9.17, 15) is 18.4 Å². The van der Waals surface area contributed by atoms with Gasteiger partial charge in [0.2, 0.25) is 11.8 Å². The molecule has 0 radical (unpaired) electrons. The molecule has 0 unspecified atom stereocenters. The number of rotatable bonds is 4. The summed E-state index contributed by atoms with van der Waals surface area (Å²) in [4.78, 5) is 28.9. The number of nitrogens with one attached hydrogen (secondary N) is 1. The van der Waals surface area contributed by atoms with Crippen LogP contribution >= 0.6 is 0 Å². The summed E-state index contributed by atoms with van der Waals surface area (Å²) in [7, 11) is 0. The zero-order valence-electron chi connectivity index (χ0n) is 16.0. The van der Waals surface area contributed by atoms with Crippen LogP contribution in [0.5, 0.6) is 0 Å². The van der Waals surface area contributed by atoms with Gasteiger partial charge >= 0.3 is 0 Å². The topological polar surface area (TPSA) is 52.7 Å². The average Bonchev–Trinajstić information content (AvgIpc) is 2.73. The molecule has 152 valence electrons. The van der Waals surface area contributed by atoms with Gasteiger partial charge in [0.05, 0.1) is 12.5 Å². The number of halogens is 2. The van der Waals surface area contributed by atoms with E-state index in [0.717, 1.165) is 18.1 Å². The maximum atomic E-state index is 14.1. The van der Waals surface area contributed by atoms with Crippen LogP contribution in [0.3, 0.4) is 0 Å². The number of carbonyl (C=O) groups excluding carboxylic acids is 2. The zero-order chi connectivity index (χ0) is 20.4. The molecule has 0 aromatic heterocycles. The molecule has 2 aliphatic rings. The first-order valence-corrected chi connectivity index (χ1v) is 9.82. The van der Waals surface area contributed by atoms with Crippen molar-refractivity contribution in [2.45, 2.75) is 32.0 Å². The Morgan fingerprint density at radius 3 is 2.69 bits per heavy atom. The monoisotopic (exact) mass is 399 g/mol. The molecule has 1 N–H and O–H groups in total. The molecule has 1 atom stereocenters. The Balaban J connectivity index is 1.47. The summed E-state index contributed by atoms with van der Waals surface area (Å²) >= 11 is 0. The molecule has 2 aromatic rings. The van der Waals surface area contributed by atoms with Crippen LogP contribution in [-0.2, 0) is 29.1 Å². The highest BCUT2D eigenvalue weighted by Gasteiger charge is 2.34. The molecule has 4 rings (SSSR count). The Morgan fingerprint density at radius 2 is 1.86 bits per heavy atom. The first-order chi connectivity index (χ1) is 14.0. The van der Waals surface area contributed by atoms with Gasteiger partial charge < -0.3 is 10.2 Å². The third kappa shape index (κ3) is 4.15. The van der Waals surface area contributed by atoms with Crippen LogP contribution in [0.15, 0.2) is 42.5 Å². The second-order valence-electron chi connectivity index (χ2n) is 7.53. The molecule has 1 fully saturated rings. The summed E-state index contributed by atoms with van der Waals surface area (Å²) in [6.45, 7) is 2.11. The van der Waals surface area contributed by atoms with Crippen molar-refractivity contribution < 1.29 is 18.4 Å². The lowest BCUT2D eigenvalue weighted by molar-refractivity contribution is -0.139. The van der Waals surface area contributed by atoms with Crippen LogP contribution in [0, 0.1) is 11.6 Å². The first kappa shape index (κ1) is 19.5. The van der Waals surface area contributed by atoms with Crippen molar-refractivity contribution in [2.24, 2.45) is 0 Å². The van der Waals surface area contributed by atoms with Gasteiger partial charge in [0.1, 0.15) is 0 Å². The van der Waals surface area contributed by atoms with Crippen LogP contribution in [0.2, 0.25) is 0 Å². The molecule has 2 heterocycles. The van der Waals surface area contributed by atoms with Crippen LogP contribution in [0.4, 0.5) is 8.78 Å². The van der Waals surface area contributed by atoms with Crippen molar-refractivity contribution >= 4 is 11.8 Å². The summed E-state index contributed by atoms with van der Waals surface area (Å²) in [5.41, 5.74) is 2.55. The number of carbonyl (C=O) groups is 2. The Hall–Kier alpha value is -2.80. The van der Waals surface area contributed by atoms with Gasteiger partial charge in [-0.05, 0) is 23.6 Å². The molecular weight excluding hydrogens is 376 g/mol. The van der Waals surface area contributed by atoms with E-state index in [1.54, 1.807) is 9.80 Å². The predicted octanol–water partition coefficient (Wildman–Crippen LogP) is 2.24. The first-order valence-electron chi connectivity index (χ1n) is 9.82. The number of amides is 2. The van der Waals surface area contributed by atoms with Crippen molar-refractivity contribution in [1.82, 2.24) is 15.1 Å². The van der Waals surface area contributed by atoms with Crippen molar-refractivity contribution in [2.75, 3.05) is 19.6 Å². The van der Waals surface area contributed by atoms with E-state index in [2.05, 4.69) is 11.4 Å². The minimum atomic E-state index is -0.913. The maximum absolute atomic E-state index is 14.1. The third-order valence-electron chi connectivity index (χ3n) is 5.70. The molecule has 0 aliphatic carbocycles. The van der Waals surface area contributed by atoms with E-state index in [-0.39, 0.29) is 30.3 Å². The molecule has 5 nitrogen and oxygen atoms in total.